The highest BCUT2D eigenvalue weighted by Gasteiger charge is 2.20. The number of nitrogens with zero attached hydrogens (tertiary/aromatic N) is 3. The maximum Gasteiger partial charge on any atom is 0.264 e. The van der Waals surface area contributed by atoms with Crippen LogP contribution < -0.4 is 4.72 Å². The van der Waals surface area contributed by atoms with Gasteiger partial charge in [-0.05, 0) is 50.1 Å². The minimum Gasteiger partial charge on any atom is -0.261 e. The zero-order valence-corrected chi connectivity index (χ0v) is 14.8. The monoisotopic (exact) mass is 450 g/mol. The molecule has 1 aromatic carbocycles. The lowest BCUT2D eigenvalue weighted by atomic mass is 10.2. The number of nitrogens with one attached hydrogen (secondary N) is 1. The molecule has 2 rings (SSSR count). The third kappa shape index (κ3) is 3.71. The van der Waals surface area contributed by atoms with E-state index in [-0.39, 0.29) is 25.9 Å². The van der Waals surface area contributed by atoms with Crippen LogP contribution in [-0.4, -0.2) is 18.4 Å². The van der Waals surface area contributed by atoms with Gasteiger partial charge in [0, 0.05) is 0 Å². The van der Waals surface area contributed by atoms with Crippen LogP contribution in [0.15, 0.2) is 38.5 Å². The third-order valence-corrected chi connectivity index (χ3v) is 5.04. The molecule has 0 aliphatic heterocycles. The SMILES string of the molecule is N#Cc1ccc(S(=O)(=O)Nc2ncc(Br)nc2Br)c(Cl)c1. The summed E-state index contributed by atoms with van der Waals surface area (Å²) in [5.74, 6) is 0.0265. The Kier molecular flexibility index (Phi) is 4.83. The van der Waals surface area contributed by atoms with Gasteiger partial charge in [-0.15, -0.1) is 0 Å². The van der Waals surface area contributed by atoms with Gasteiger partial charge in [0.25, 0.3) is 10.0 Å². The predicted octanol–water partition coefficient (Wildman–Crippen LogP) is 3.33. The smallest absolute Gasteiger partial charge is 0.261 e. The summed E-state index contributed by atoms with van der Waals surface area (Å²) in [5.41, 5.74) is 0.267. The molecule has 0 unspecified atom stereocenters. The van der Waals surface area contributed by atoms with E-state index in [9.17, 15) is 8.42 Å². The molecule has 0 radical (unpaired) electrons. The number of halogens is 3. The number of rotatable bonds is 3. The first-order valence-electron chi connectivity index (χ1n) is 5.24. The quantitative estimate of drug-likeness (QED) is 0.771. The number of hydrogen-bond donors (Lipinski definition) is 1. The Hall–Kier alpha value is -1.21. The van der Waals surface area contributed by atoms with Gasteiger partial charge < -0.3 is 0 Å². The standard InChI is InChI=1S/C11H5Br2ClN4O2S/c12-9-5-16-11(10(13)17-9)18-21(19,20)8-2-1-6(4-15)3-7(8)14/h1-3,5H,(H,16,18). The van der Waals surface area contributed by atoms with E-state index in [1.165, 1.54) is 24.4 Å². The summed E-state index contributed by atoms with van der Waals surface area (Å²) in [6.07, 6.45) is 1.35. The Morgan fingerprint density at radius 2 is 2.05 bits per heavy atom. The van der Waals surface area contributed by atoms with E-state index in [4.69, 9.17) is 16.9 Å². The molecule has 21 heavy (non-hydrogen) atoms. The maximum absolute atomic E-state index is 12.3. The Balaban J connectivity index is 2.41. The highest BCUT2D eigenvalue weighted by Crippen LogP contribution is 2.26. The molecule has 0 spiro atoms. The van der Waals surface area contributed by atoms with Crippen LogP contribution in [0.3, 0.4) is 0 Å². The van der Waals surface area contributed by atoms with E-state index in [2.05, 4.69) is 46.5 Å². The molecule has 0 atom stereocenters. The summed E-state index contributed by atoms with van der Waals surface area (Å²) in [6, 6.07) is 5.77. The summed E-state index contributed by atoms with van der Waals surface area (Å²) in [4.78, 5) is 7.73. The predicted molar refractivity (Wildman–Crippen MR) is 84.4 cm³/mol. The van der Waals surface area contributed by atoms with E-state index >= 15 is 0 Å². The van der Waals surface area contributed by atoms with Crippen molar-refractivity contribution in [1.29, 1.82) is 5.26 Å². The Bertz CT molecular complexity index is 852. The van der Waals surface area contributed by atoms with Gasteiger partial charge in [0.2, 0.25) is 0 Å². The molecule has 0 fully saturated rings. The second-order valence-electron chi connectivity index (χ2n) is 3.69. The van der Waals surface area contributed by atoms with E-state index in [1.54, 1.807) is 0 Å². The van der Waals surface area contributed by atoms with Gasteiger partial charge in [-0.2, -0.15) is 5.26 Å². The molecule has 6 nitrogen and oxygen atoms in total. The van der Waals surface area contributed by atoms with Gasteiger partial charge >= 0.3 is 0 Å². The van der Waals surface area contributed by atoms with Crippen LogP contribution >= 0.6 is 43.5 Å². The lowest BCUT2D eigenvalue weighted by Crippen LogP contribution is -2.15. The molecular formula is C11H5Br2ClN4O2S. The number of benzene rings is 1. The molecule has 0 amide bonds. The van der Waals surface area contributed by atoms with Crippen molar-refractivity contribution in [3.63, 3.8) is 0 Å². The van der Waals surface area contributed by atoms with Crippen LogP contribution in [0, 0.1) is 11.3 Å². The van der Waals surface area contributed by atoms with Crippen molar-refractivity contribution in [3.8, 4) is 6.07 Å². The Morgan fingerprint density at radius 3 is 2.62 bits per heavy atom. The fourth-order valence-electron chi connectivity index (χ4n) is 1.39. The fraction of sp³-hybridized carbons (Fsp3) is 0. The first-order valence-corrected chi connectivity index (χ1v) is 8.68. The minimum atomic E-state index is -3.94. The number of anilines is 1. The van der Waals surface area contributed by atoms with Gasteiger partial charge in [-0.1, -0.05) is 11.6 Å². The third-order valence-electron chi connectivity index (χ3n) is 2.28. The molecule has 2 aromatic rings. The summed E-state index contributed by atoms with van der Waals surface area (Å²) in [6.45, 7) is 0. The highest BCUT2D eigenvalue weighted by atomic mass is 79.9. The van der Waals surface area contributed by atoms with Crippen LogP contribution in [0.5, 0.6) is 0 Å². The fourth-order valence-corrected chi connectivity index (χ4v) is 3.99. The highest BCUT2D eigenvalue weighted by molar-refractivity contribution is 9.11. The van der Waals surface area contributed by atoms with Crippen LogP contribution in [0.2, 0.25) is 5.02 Å². The van der Waals surface area contributed by atoms with E-state index in [1.807, 2.05) is 6.07 Å². The van der Waals surface area contributed by atoms with Crippen molar-refractivity contribution in [3.05, 3.63) is 44.2 Å². The van der Waals surface area contributed by atoms with Gasteiger partial charge in [0.05, 0.1) is 22.9 Å². The second-order valence-corrected chi connectivity index (χ2v) is 7.32. The average molecular weight is 453 g/mol. The molecule has 0 saturated heterocycles. The molecule has 0 bridgehead atoms. The first kappa shape index (κ1) is 16.2. The van der Waals surface area contributed by atoms with Gasteiger partial charge in [0.15, 0.2) is 10.4 Å². The number of sulfonamides is 1. The van der Waals surface area contributed by atoms with E-state index < -0.39 is 10.0 Å². The molecule has 0 saturated carbocycles. The first-order chi connectivity index (χ1) is 9.83. The van der Waals surface area contributed by atoms with Crippen molar-refractivity contribution in [2.75, 3.05) is 4.72 Å². The molecule has 0 aliphatic rings. The number of hydrogen-bond acceptors (Lipinski definition) is 5. The Labute approximate surface area is 142 Å². The molecule has 0 aliphatic carbocycles. The zero-order chi connectivity index (χ0) is 15.6. The molecule has 10 heteroatoms. The zero-order valence-electron chi connectivity index (χ0n) is 10.0. The molecular weight excluding hydrogens is 447 g/mol. The van der Waals surface area contributed by atoms with Crippen molar-refractivity contribution in [1.82, 2.24) is 9.97 Å². The van der Waals surface area contributed by atoms with Crippen molar-refractivity contribution >= 4 is 59.3 Å². The maximum atomic E-state index is 12.3. The van der Waals surface area contributed by atoms with Gasteiger partial charge in [-0.25, -0.2) is 18.4 Å². The largest absolute Gasteiger partial charge is 0.264 e. The lowest BCUT2D eigenvalue weighted by molar-refractivity contribution is 0.601. The molecule has 1 heterocycles. The van der Waals surface area contributed by atoms with E-state index in [0.717, 1.165) is 0 Å². The summed E-state index contributed by atoms with van der Waals surface area (Å²) in [5, 5.41) is 8.70. The second kappa shape index (κ2) is 6.27. The van der Waals surface area contributed by atoms with Crippen molar-refractivity contribution in [2.45, 2.75) is 4.90 Å². The summed E-state index contributed by atoms with van der Waals surface area (Å²) in [7, 11) is -3.94. The van der Waals surface area contributed by atoms with Crippen LogP contribution in [0.25, 0.3) is 0 Å². The van der Waals surface area contributed by atoms with Gasteiger partial charge in [-0.3, -0.25) is 4.72 Å². The molecule has 1 aromatic heterocycles. The molecule has 108 valence electrons. The number of nitriles is 1. The summed E-state index contributed by atoms with van der Waals surface area (Å²) >= 11 is 12.1. The van der Waals surface area contributed by atoms with Crippen molar-refractivity contribution < 1.29 is 8.42 Å². The Morgan fingerprint density at radius 1 is 1.33 bits per heavy atom. The summed E-state index contributed by atoms with van der Waals surface area (Å²) < 4.78 is 27.5. The average Bonchev–Trinajstić information content (AvgIpc) is 2.41. The number of aromatic nitrogens is 2. The topological polar surface area (TPSA) is 95.7 Å². The van der Waals surface area contributed by atoms with Crippen LogP contribution in [0.1, 0.15) is 5.56 Å². The lowest BCUT2D eigenvalue weighted by Gasteiger charge is -2.09. The van der Waals surface area contributed by atoms with E-state index in [0.29, 0.717) is 4.60 Å². The normalized spacial score (nSPS) is 11.0. The molecule has 1 N–H and O–H groups in total. The van der Waals surface area contributed by atoms with Crippen molar-refractivity contribution in [2.24, 2.45) is 0 Å². The van der Waals surface area contributed by atoms with Crippen LogP contribution in [0.4, 0.5) is 5.82 Å². The van der Waals surface area contributed by atoms with Crippen LogP contribution in [-0.2, 0) is 10.0 Å². The minimum absolute atomic E-state index is 0.0265. The van der Waals surface area contributed by atoms with Gasteiger partial charge in [0.1, 0.15) is 9.50 Å².